The molecule has 106 valence electrons. The molecule has 2 aromatic rings. The lowest BCUT2D eigenvalue weighted by Crippen LogP contribution is -2.16. The third kappa shape index (κ3) is 2.42. The van der Waals surface area contributed by atoms with E-state index in [9.17, 15) is 0 Å². The lowest BCUT2D eigenvalue weighted by Gasteiger charge is -2.22. The maximum atomic E-state index is 6.02. The van der Waals surface area contributed by atoms with E-state index in [1.807, 2.05) is 24.7 Å². The lowest BCUT2D eigenvalue weighted by molar-refractivity contribution is 0.532. The first-order valence-electron chi connectivity index (χ1n) is 7.15. The number of aromatic nitrogens is 3. The molecule has 2 N–H and O–H groups in total. The van der Waals surface area contributed by atoms with Crippen molar-refractivity contribution in [3.05, 3.63) is 30.9 Å². The molecule has 2 atom stereocenters. The second kappa shape index (κ2) is 5.87. The SMILES string of the molecule is CCSC1CCCC1n1cncc1-c1cccnc1N. The average molecular weight is 288 g/mol. The number of hydrogen-bond donors (Lipinski definition) is 1. The molecule has 1 saturated carbocycles. The van der Waals surface area contributed by atoms with Crippen molar-refractivity contribution >= 4 is 17.6 Å². The molecule has 2 aromatic heterocycles. The minimum absolute atomic E-state index is 0.525. The zero-order chi connectivity index (χ0) is 13.9. The Morgan fingerprint density at radius 1 is 1.45 bits per heavy atom. The molecule has 0 spiro atoms. The number of rotatable bonds is 4. The van der Waals surface area contributed by atoms with Crippen LogP contribution in [0.5, 0.6) is 0 Å². The molecule has 0 amide bonds. The molecule has 2 heterocycles. The van der Waals surface area contributed by atoms with E-state index in [1.54, 1.807) is 6.20 Å². The zero-order valence-electron chi connectivity index (χ0n) is 11.7. The fourth-order valence-electron chi connectivity index (χ4n) is 3.04. The molecule has 3 rings (SSSR count). The summed E-state index contributed by atoms with van der Waals surface area (Å²) in [5.74, 6) is 1.74. The van der Waals surface area contributed by atoms with Gasteiger partial charge in [-0.05, 0) is 30.7 Å². The van der Waals surface area contributed by atoms with Crippen LogP contribution in [0.4, 0.5) is 5.82 Å². The third-order valence-electron chi connectivity index (χ3n) is 3.94. The Kier molecular flexibility index (Phi) is 3.96. The second-order valence-corrected chi connectivity index (χ2v) is 6.63. The number of nitrogens with two attached hydrogens (primary N) is 1. The first-order chi connectivity index (χ1) is 9.81. The van der Waals surface area contributed by atoms with Crippen molar-refractivity contribution in [1.82, 2.24) is 14.5 Å². The van der Waals surface area contributed by atoms with Crippen molar-refractivity contribution in [2.75, 3.05) is 11.5 Å². The van der Waals surface area contributed by atoms with Crippen LogP contribution in [0.1, 0.15) is 32.2 Å². The predicted octanol–water partition coefficient (Wildman–Crippen LogP) is 3.37. The minimum Gasteiger partial charge on any atom is -0.383 e. The summed E-state index contributed by atoms with van der Waals surface area (Å²) in [7, 11) is 0. The number of nitrogens with zero attached hydrogens (tertiary/aromatic N) is 3. The lowest BCUT2D eigenvalue weighted by atomic mass is 10.1. The van der Waals surface area contributed by atoms with E-state index >= 15 is 0 Å². The molecule has 5 heteroatoms. The second-order valence-electron chi connectivity index (χ2n) is 5.11. The number of anilines is 1. The first kappa shape index (κ1) is 13.5. The van der Waals surface area contributed by atoms with Crippen LogP contribution in [-0.2, 0) is 0 Å². The Morgan fingerprint density at radius 2 is 2.35 bits per heavy atom. The van der Waals surface area contributed by atoms with Gasteiger partial charge in [0.2, 0.25) is 0 Å². The van der Waals surface area contributed by atoms with Crippen LogP contribution in [0.25, 0.3) is 11.3 Å². The maximum Gasteiger partial charge on any atom is 0.132 e. The number of hydrogen-bond acceptors (Lipinski definition) is 4. The van der Waals surface area contributed by atoms with Crippen LogP contribution in [0.2, 0.25) is 0 Å². The minimum atomic E-state index is 0.525. The van der Waals surface area contributed by atoms with Crippen LogP contribution in [0, 0.1) is 0 Å². The van der Waals surface area contributed by atoms with E-state index in [-0.39, 0.29) is 0 Å². The fraction of sp³-hybridized carbons (Fsp3) is 0.467. The molecule has 20 heavy (non-hydrogen) atoms. The monoisotopic (exact) mass is 288 g/mol. The van der Waals surface area contributed by atoms with Crippen LogP contribution in [-0.4, -0.2) is 25.5 Å². The van der Waals surface area contributed by atoms with Gasteiger partial charge in [0, 0.05) is 23.1 Å². The van der Waals surface area contributed by atoms with Crippen molar-refractivity contribution in [1.29, 1.82) is 0 Å². The summed E-state index contributed by atoms with van der Waals surface area (Å²) in [6, 6.07) is 4.47. The molecule has 0 aromatic carbocycles. The first-order valence-corrected chi connectivity index (χ1v) is 8.20. The Bertz CT molecular complexity index is 581. The highest BCUT2D eigenvalue weighted by Gasteiger charge is 2.30. The fourth-order valence-corrected chi connectivity index (χ4v) is 4.30. The van der Waals surface area contributed by atoms with E-state index in [1.165, 1.54) is 25.0 Å². The normalized spacial score (nSPS) is 22.2. The molecule has 0 bridgehead atoms. The third-order valence-corrected chi connectivity index (χ3v) is 5.25. The quantitative estimate of drug-likeness (QED) is 0.937. The maximum absolute atomic E-state index is 6.02. The van der Waals surface area contributed by atoms with Gasteiger partial charge in [-0.15, -0.1) is 0 Å². The highest BCUT2D eigenvalue weighted by atomic mass is 32.2. The average Bonchev–Trinajstić information content (AvgIpc) is 3.08. The van der Waals surface area contributed by atoms with E-state index in [0.717, 1.165) is 11.3 Å². The van der Waals surface area contributed by atoms with Crippen LogP contribution in [0.15, 0.2) is 30.9 Å². The summed E-state index contributed by atoms with van der Waals surface area (Å²) >= 11 is 2.06. The molecule has 1 fully saturated rings. The van der Waals surface area contributed by atoms with Crippen molar-refractivity contribution in [3.8, 4) is 11.3 Å². The van der Waals surface area contributed by atoms with Gasteiger partial charge in [0.1, 0.15) is 5.82 Å². The zero-order valence-corrected chi connectivity index (χ0v) is 12.5. The van der Waals surface area contributed by atoms with Crippen LogP contribution < -0.4 is 5.73 Å². The highest BCUT2D eigenvalue weighted by Crippen LogP contribution is 2.40. The molecule has 1 aliphatic rings. The largest absolute Gasteiger partial charge is 0.383 e. The van der Waals surface area contributed by atoms with Gasteiger partial charge in [0.15, 0.2) is 0 Å². The Labute approximate surface area is 123 Å². The van der Waals surface area contributed by atoms with Crippen LogP contribution in [0.3, 0.4) is 0 Å². The molecule has 0 radical (unpaired) electrons. The Balaban J connectivity index is 1.96. The van der Waals surface area contributed by atoms with Crippen molar-refractivity contribution in [2.24, 2.45) is 0 Å². The van der Waals surface area contributed by atoms with E-state index < -0.39 is 0 Å². The highest BCUT2D eigenvalue weighted by molar-refractivity contribution is 7.99. The van der Waals surface area contributed by atoms with Gasteiger partial charge >= 0.3 is 0 Å². The smallest absolute Gasteiger partial charge is 0.132 e. The summed E-state index contributed by atoms with van der Waals surface area (Å²) in [6.07, 6.45) is 9.39. The van der Waals surface area contributed by atoms with Gasteiger partial charge in [-0.2, -0.15) is 11.8 Å². The summed E-state index contributed by atoms with van der Waals surface area (Å²) in [6.45, 7) is 2.23. The topological polar surface area (TPSA) is 56.7 Å². The Morgan fingerprint density at radius 3 is 3.15 bits per heavy atom. The number of nitrogen functional groups attached to an aromatic ring is 1. The molecule has 0 aliphatic heterocycles. The van der Waals surface area contributed by atoms with Crippen LogP contribution >= 0.6 is 11.8 Å². The summed E-state index contributed by atoms with van der Waals surface area (Å²) in [4.78, 5) is 8.54. The van der Waals surface area contributed by atoms with E-state index in [4.69, 9.17) is 5.73 Å². The Hall–Kier alpha value is -1.49. The predicted molar refractivity (Wildman–Crippen MR) is 84.7 cm³/mol. The van der Waals surface area contributed by atoms with Gasteiger partial charge in [-0.25, -0.2) is 9.97 Å². The molecular weight excluding hydrogens is 268 g/mol. The summed E-state index contributed by atoms with van der Waals surface area (Å²) in [5.41, 5.74) is 8.09. The van der Waals surface area contributed by atoms with Gasteiger partial charge in [-0.3, -0.25) is 0 Å². The van der Waals surface area contributed by atoms with Gasteiger partial charge < -0.3 is 10.3 Å². The van der Waals surface area contributed by atoms with Crippen molar-refractivity contribution in [2.45, 2.75) is 37.5 Å². The van der Waals surface area contributed by atoms with Crippen molar-refractivity contribution in [3.63, 3.8) is 0 Å². The summed E-state index contributed by atoms with van der Waals surface area (Å²) < 4.78 is 2.30. The standard InChI is InChI=1S/C15H20N4S/c1-2-20-14-7-3-6-12(14)19-10-17-9-13(19)11-5-4-8-18-15(11)16/h4-5,8-10,12,14H,2-3,6-7H2,1H3,(H2,16,18). The molecule has 0 saturated heterocycles. The number of pyridine rings is 1. The number of thioether (sulfide) groups is 1. The molecular formula is C15H20N4S. The van der Waals surface area contributed by atoms with Gasteiger partial charge in [-0.1, -0.05) is 13.3 Å². The summed E-state index contributed by atoms with van der Waals surface area (Å²) in [5, 5.41) is 0.686. The van der Waals surface area contributed by atoms with E-state index in [2.05, 4.69) is 33.2 Å². The molecule has 2 unspecified atom stereocenters. The van der Waals surface area contributed by atoms with Gasteiger partial charge in [0.05, 0.1) is 18.2 Å². The number of imidazole rings is 1. The van der Waals surface area contributed by atoms with Gasteiger partial charge in [0.25, 0.3) is 0 Å². The van der Waals surface area contributed by atoms with E-state index in [0.29, 0.717) is 17.1 Å². The van der Waals surface area contributed by atoms with Crippen molar-refractivity contribution < 1.29 is 0 Å². The molecule has 1 aliphatic carbocycles. The molecule has 4 nitrogen and oxygen atoms in total.